The van der Waals surface area contributed by atoms with Gasteiger partial charge < -0.3 is 5.11 Å². The maximum Gasteiger partial charge on any atom is 0.0964 e. The standard InChI is InChI=1S/C16H23NOS/c1-3-5-8-12(4-2)14(18)11-16-17-13-9-6-7-10-15(13)19-16/h6-7,9-10,12,14,18H,3-5,8,11H2,1-2H3. The highest BCUT2D eigenvalue weighted by Gasteiger charge is 2.19. The normalized spacial score (nSPS) is 14.7. The molecule has 0 aliphatic carbocycles. The van der Waals surface area contributed by atoms with Crippen molar-refractivity contribution in [3.63, 3.8) is 0 Å². The van der Waals surface area contributed by atoms with Gasteiger partial charge in [-0.3, -0.25) is 0 Å². The molecule has 0 radical (unpaired) electrons. The molecule has 2 aromatic rings. The van der Waals surface area contributed by atoms with Crippen molar-refractivity contribution in [1.82, 2.24) is 4.98 Å². The predicted octanol–water partition coefficient (Wildman–Crippen LogP) is 4.42. The maximum absolute atomic E-state index is 10.4. The number of unbranched alkanes of at least 4 members (excludes halogenated alkanes) is 1. The number of nitrogens with zero attached hydrogens (tertiary/aromatic N) is 1. The van der Waals surface area contributed by atoms with Gasteiger partial charge in [0.1, 0.15) is 0 Å². The Morgan fingerprint density at radius 2 is 2.05 bits per heavy atom. The van der Waals surface area contributed by atoms with Gasteiger partial charge in [-0.2, -0.15) is 0 Å². The first kappa shape index (κ1) is 14.5. The highest BCUT2D eigenvalue weighted by Crippen LogP contribution is 2.25. The summed E-state index contributed by atoms with van der Waals surface area (Å²) in [5.74, 6) is 0.409. The Kier molecular flexibility index (Phi) is 5.34. The zero-order valence-corrected chi connectivity index (χ0v) is 12.6. The number of aliphatic hydroxyl groups excluding tert-OH is 1. The molecule has 19 heavy (non-hydrogen) atoms. The minimum absolute atomic E-state index is 0.253. The molecule has 104 valence electrons. The summed E-state index contributed by atoms with van der Waals surface area (Å²) in [6.07, 6.45) is 5.02. The monoisotopic (exact) mass is 277 g/mol. The van der Waals surface area contributed by atoms with E-state index in [9.17, 15) is 5.11 Å². The van der Waals surface area contributed by atoms with Gasteiger partial charge in [0.2, 0.25) is 0 Å². The number of benzene rings is 1. The molecule has 0 saturated carbocycles. The Morgan fingerprint density at radius 3 is 2.74 bits per heavy atom. The summed E-state index contributed by atoms with van der Waals surface area (Å²) in [5, 5.41) is 11.4. The molecule has 0 saturated heterocycles. The van der Waals surface area contributed by atoms with E-state index in [1.807, 2.05) is 18.2 Å². The molecule has 0 aliphatic rings. The number of aromatic nitrogens is 1. The molecular weight excluding hydrogens is 254 g/mol. The third-order valence-electron chi connectivity index (χ3n) is 3.72. The second-order valence-electron chi connectivity index (χ2n) is 5.16. The van der Waals surface area contributed by atoms with Gasteiger partial charge in [-0.15, -0.1) is 11.3 Å². The molecule has 2 nitrogen and oxygen atoms in total. The van der Waals surface area contributed by atoms with Crippen molar-refractivity contribution in [3.8, 4) is 0 Å². The molecule has 0 bridgehead atoms. The Hall–Kier alpha value is -0.930. The summed E-state index contributed by atoms with van der Waals surface area (Å²) in [4.78, 5) is 4.61. The fourth-order valence-electron chi connectivity index (χ4n) is 2.49. The molecule has 2 atom stereocenters. The van der Waals surface area contributed by atoms with E-state index in [0.717, 1.165) is 23.4 Å². The van der Waals surface area contributed by atoms with Gasteiger partial charge in [0.15, 0.2) is 0 Å². The molecule has 2 rings (SSSR count). The number of fused-ring (bicyclic) bond motifs is 1. The molecule has 1 aromatic carbocycles. The van der Waals surface area contributed by atoms with Crippen LogP contribution < -0.4 is 0 Å². The van der Waals surface area contributed by atoms with Crippen LogP contribution in [0.5, 0.6) is 0 Å². The van der Waals surface area contributed by atoms with Gasteiger partial charge >= 0.3 is 0 Å². The van der Waals surface area contributed by atoms with Crippen molar-refractivity contribution >= 4 is 21.6 Å². The molecule has 1 N–H and O–H groups in total. The summed E-state index contributed by atoms with van der Waals surface area (Å²) in [6.45, 7) is 4.37. The Balaban J connectivity index is 2.02. The summed E-state index contributed by atoms with van der Waals surface area (Å²) in [6, 6.07) is 8.18. The highest BCUT2D eigenvalue weighted by atomic mass is 32.1. The van der Waals surface area contributed by atoms with Crippen LogP contribution in [-0.2, 0) is 6.42 Å². The fourth-order valence-corrected chi connectivity index (χ4v) is 3.50. The number of aliphatic hydroxyl groups is 1. The number of para-hydroxylation sites is 1. The van der Waals surface area contributed by atoms with Gasteiger partial charge in [-0.05, 0) is 24.5 Å². The average Bonchev–Trinajstić information content (AvgIpc) is 2.81. The lowest BCUT2D eigenvalue weighted by Gasteiger charge is -2.20. The van der Waals surface area contributed by atoms with E-state index in [2.05, 4.69) is 24.9 Å². The summed E-state index contributed by atoms with van der Waals surface area (Å²) in [5.41, 5.74) is 1.05. The minimum atomic E-state index is -0.253. The lowest BCUT2D eigenvalue weighted by atomic mass is 9.92. The summed E-state index contributed by atoms with van der Waals surface area (Å²) >= 11 is 1.71. The molecule has 1 heterocycles. The van der Waals surface area contributed by atoms with Crippen molar-refractivity contribution in [2.45, 2.75) is 52.1 Å². The first-order chi connectivity index (χ1) is 9.24. The van der Waals surface area contributed by atoms with Crippen LogP contribution in [0.3, 0.4) is 0 Å². The molecule has 3 heteroatoms. The molecule has 0 amide bonds. The van der Waals surface area contributed by atoms with Crippen molar-refractivity contribution in [3.05, 3.63) is 29.3 Å². The van der Waals surface area contributed by atoms with Crippen molar-refractivity contribution in [2.75, 3.05) is 0 Å². The SMILES string of the molecule is CCCCC(CC)C(O)Cc1nc2ccccc2s1. The van der Waals surface area contributed by atoms with Crippen molar-refractivity contribution < 1.29 is 5.11 Å². The van der Waals surface area contributed by atoms with Gasteiger partial charge in [-0.25, -0.2) is 4.98 Å². The zero-order chi connectivity index (χ0) is 13.7. The van der Waals surface area contributed by atoms with Crippen molar-refractivity contribution in [2.24, 2.45) is 5.92 Å². The second kappa shape index (κ2) is 7.01. The predicted molar refractivity (Wildman–Crippen MR) is 82.6 cm³/mol. The second-order valence-corrected chi connectivity index (χ2v) is 6.27. The van der Waals surface area contributed by atoms with Gasteiger partial charge in [0.05, 0.1) is 21.3 Å². The largest absolute Gasteiger partial charge is 0.392 e. The molecular formula is C16H23NOS. The Labute approximate surface area is 119 Å². The molecule has 0 fully saturated rings. The maximum atomic E-state index is 10.4. The zero-order valence-electron chi connectivity index (χ0n) is 11.8. The quantitative estimate of drug-likeness (QED) is 0.813. The summed E-state index contributed by atoms with van der Waals surface area (Å²) < 4.78 is 1.21. The van der Waals surface area contributed by atoms with Gasteiger partial charge in [-0.1, -0.05) is 45.2 Å². The van der Waals surface area contributed by atoms with E-state index in [1.165, 1.54) is 17.5 Å². The number of thiazole rings is 1. The van der Waals surface area contributed by atoms with Crippen LogP contribution in [0.2, 0.25) is 0 Å². The average molecular weight is 277 g/mol. The molecule has 1 aromatic heterocycles. The van der Waals surface area contributed by atoms with E-state index >= 15 is 0 Å². The first-order valence-corrected chi connectivity index (χ1v) is 8.08. The topological polar surface area (TPSA) is 33.1 Å². The third-order valence-corrected chi connectivity index (χ3v) is 4.78. The van der Waals surface area contributed by atoms with Gasteiger partial charge in [0.25, 0.3) is 0 Å². The Bertz CT molecular complexity index is 475. The minimum Gasteiger partial charge on any atom is -0.392 e. The van der Waals surface area contributed by atoms with Crippen LogP contribution in [0.1, 0.15) is 44.5 Å². The van der Waals surface area contributed by atoms with Crippen LogP contribution in [0.15, 0.2) is 24.3 Å². The highest BCUT2D eigenvalue weighted by molar-refractivity contribution is 7.18. The fraction of sp³-hybridized carbons (Fsp3) is 0.562. The summed E-state index contributed by atoms with van der Waals surface area (Å²) in [7, 11) is 0. The van der Waals surface area contributed by atoms with Crippen LogP contribution in [-0.4, -0.2) is 16.2 Å². The number of hydrogen-bond acceptors (Lipinski definition) is 3. The van der Waals surface area contributed by atoms with E-state index in [0.29, 0.717) is 12.3 Å². The molecule has 2 unspecified atom stereocenters. The van der Waals surface area contributed by atoms with Crippen LogP contribution in [0.25, 0.3) is 10.2 Å². The number of hydrogen-bond donors (Lipinski definition) is 1. The van der Waals surface area contributed by atoms with E-state index in [-0.39, 0.29) is 6.10 Å². The first-order valence-electron chi connectivity index (χ1n) is 7.27. The smallest absolute Gasteiger partial charge is 0.0964 e. The molecule has 0 aliphatic heterocycles. The molecule has 0 spiro atoms. The van der Waals surface area contributed by atoms with Gasteiger partial charge in [0, 0.05) is 6.42 Å². The van der Waals surface area contributed by atoms with Crippen LogP contribution in [0, 0.1) is 5.92 Å². The van der Waals surface area contributed by atoms with E-state index in [1.54, 1.807) is 11.3 Å². The lowest BCUT2D eigenvalue weighted by Crippen LogP contribution is -2.22. The lowest BCUT2D eigenvalue weighted by molar-refractivity contribution is 0.0987. The third kappa shape index (κ3) is 3.77. The van der Waals surface area contributed by atoms with E-state index in [4.69, 9.17) is 0 Å². The number of rotatable bonds is 7. The van der Waals surface area contributed by atoms with Crippen LogP contribution in [0.4, 0.5) is 0 Å². The van der Waals surface area contributed by atoms with E-state index < -0.39 is 0 Å². The van der Waals surface area contributed by atoms with Crippen molar-refractivity contribution in [1.29, 1.82) is 0 Å². The van der Waals surface area contributed by atoms with Crippen LogP contribution >= 0.6 is 11.3 Å². The Morgan fingerprint density at radius 1 is 1.26 bits per heavy atom.